The molecule has 0 radical (unpaired) electrons. The highest BCUT2D eigenvalue weighted by Crippen LogP contribution is 2.35. The number of nitrogens with one attached hydrogen (secondary N) is 2. The lowest BCUT2D eigenvalue weighted by molar-refractivity contribution is -0.126. The van der Waals surface area contributed by atoms with Gasteiger partial charge >= 0.3 is 0 Å². The summed E-state index contributed by atoms with van der Waals surface area (Å²) in [6.07, 6.45) is 3.57. The molecule has 2 aliphatic rings. The van der Waals surface area contributed by atoms with Crippen molar-refractivity contribution in [1.29, 1.82) is 0 Å². The molecule has 3 N–H and O–H groups in total. The monoisotopic (exact) mass is 668 g/mol. The second-order valence-corrected chi connectivity index (χ2v) is 16.4. The third-order valence-corrected chi connectivity index (χ3v) is 10.5. The summed E-state index contributed by atoms with van der Waals surface area (Å²) in [6.45, 7) is 6.00. The number of benzene rings is 3. The molecule has 1 aliphatic carbocycles. The van der Waals surface area contributed by atoms with Crippen LogP contribution in [0.2, 0.25) is 18.1 Å². The summed E-state index contributed by atoms with van der Waals surface area (Å²) in [4.78, 5) is 41.5. The first kappa shape index (κ1) is 32.4. The van der Waals surface area contributed by atoms with Gasteiger partial charge in [0.05, 0.1) is 31.5 Å². The van der Waals surface area contributed by atoms with E-state index in [9.17, 15) is 14.4 Å². The summed E-state index contributed by atoms with van der Waals surface area (Å²) in [7, 11) is -0.771. The number of halogens is 1. The average Bonchev–Trinajstić information content (AvgIpc) is 3.62. The topological polar surface area (TPSA) is 131 Å². The number of carbonyl (C=O) groups excluding carboxylic acids is 2. The number of aliphatic imine (C=N–C) groups is 1. The molecule has 1 atom stereocenters. The highest BCUT2D eigenvalue weighted by atomic mass is 35.5. The molecule has 4 aromatic rings. The van der Waals surface area contributed by atoms with Crippen LogP contribution in [0.25, 0.3) is 10.9 Å². The number of hydrogen-bond acceptors (Lipinski definition) is 7. The molecule has 0 bridgehead atoms. The van der Waals surface area contributed by atoms with Gasteiger partial charge in [-0.2, -0.15) is 0 Å². The van der Waals surface area contributed by atoms with Crippen LogP contribution in [0.4, 0.5) is 0 Å². The van der Waals surface area contributed by atoms with Crippen LogP contribution in [0.15, 0.2) is 71.7 Å². The first-order chi connectivity index (χ1) is 22.5. The minimum Gasteiger partial charge on any atom is -0.497 e. The number of carbonyl (C=O) groups is 2. The van der Waals surface area contributed by atoms with Gasteiger partial charge in [0.1, 0.15) is 17.6 Å². The number of fused-ring (bicyclic) bond motifs is 4. The zero-order valence-corrected chi connectivity index (χ0v) is 28.6. The Labute approximate surface area is 279 Å². The van der Waals surface area contributed by atoms with Gasteiger partial charge in [0.25, 0.3) is 0 Å². The molecule has 10 nitrogen and oxygen atoms in total. The second kappa shape index (κ2) is 13.3. The molecule has 0 spiro atoms. The van der Waals surface area contributed by atoms with Crippen molar-refractivity contribution >= 4 is 42.6 Å². The van der Waals surface area contributed by atoms with Crippen LogP contribution in [0, 0.1) is 6.92 Å². The van der Waals surface area contributed by atoms with Gasteiger partial charge in [0.15, 0.2) is 5.82 Å². The van der Waals surface area contributed by atoms with Gasteiger partial charge < -0.3 is 20.2 Å². The van der Waals surface area contributed by atoms with Crippen LogP contribution < -0.4 is 15.4 Å². The zero-order valence-electron chi connectivity index (χ0n) is 26.8. The molecule has 1 aliphatic heterocycles. The van der Waals surface area contributed by atoms with E-state index in [1.54, 1.807) is 19.2 Å². The molecule has 12 heteroatoms. The van der Waals surface area contributed by atoms with E-state index in [1.807, 2.05) is 61.0 Å². The van der Waals surface area contributed by atoms with E-state index >= 15 is 0 Å². The maximum Gasteiger partial charge on any atom is 0.239 e. The zero-order chi connectivity index (χ0) is 33.3. The van der Waals surface area contributed by atoms with Gasteiger partial charge in [0.2, 0.25) is 20.1 Å². The van der Waals surface area contributed by atoms with Crippen molar-refractivity contribution in [3.63, 3.8) is 0 Å². The fourth-order valence-electron chi connectivity index (χ4n) is 6.15. The molecule has 0 fully saturated rings. The van der Waals surface area contributed by atoms with Crippen LogP contribution in [0.3, 0.4) is 0 Å². The molecule has 0 saturated heterocycles. The highest BCUT2D eigenvalue weighted by molar-refractivity contribution is 6.88. The van der Waals surface area contributed by atoms with Crippen molar-refractivity contribution in [3.8, 4) is 11.4 Å². The first-order valence-corrected chi connectivity index (χ1v) is 18.9. The van der Waals surface area contributed by atoms with Crippen molar-refractivity contribution in [2.75, 3.05) is 20.2 Å². The molecule has 3 aromatic carbocycles. The SMILES string of the molecule is COc1ccc2c(c1)C(c1ccc(Cl)cc1)=N[C@@H](CC(=O)NCC(=O)NCCc1ccc3c(c1)CC=C3[Si](C)(C)O)c1nnc(C)n1-2. The molecule has 1 aromatic heterocycles. The second-order valence-electron chi connectivity index (χ2n) is 12.3. The van der Waals surface area contributed by atoms with Crippen LogP contribution >= 0.6 is 11.6 Å². The summed E-state index contributed by atoms with van der Waals surface area (Å²) in [5.41, 5.74) is 6.56. The van der Waals surface area contributed by atoms with Crippen molar-refractivity contribution in [2.45, 2.75) is 45.3 Å². The summed E-state index contributed by atoms with van der Waals surface area (Å²) < 4.78 is 7.44. The Bertz CT molecular complexity index is 1910. The average molecular weight is 669 g/mol. The molecule has 0 unspecified atom stereocenters. The third-order valence-electron chi connectivity index (χ3n) is 8.46. The number of rotatable bonds is 10. The molecule has 47 heavy (non-hydrogen) atoms. The molecular formula is C35H37ClN6O4Si. The molecule has 6 rings (SSSR count). The Morgan fingerprint density at radius 3 is 2.55 bits per heavy atom. The Morgan fingerprint density at radius 1 is 1.02 bits per heavy atom. The number of aromatic nitrogens is 3. The lowest BCUT2D eigenvalue weighted by Gasteiger charge is -2.17. The number of methoxy groups -OCH3 is 1. The smallest absolute Gasteiger partial charge is 0.239 e. The quantitative estimate of drug-likeness (QED) is 0.211. The highest BCUT2D eigenvalue weighted by Gasteiger charge is 2.31. The Balaban J connectivity index is 1.12. The summed E-state index contributed by atoms with van der Waals surface area (Å²) in [5.74, 6) is 1.23. The number of allylic oxidation sites excluding steroid dienone is 1. The van der Waals surface area contributed by atoms with E-state index in [1.165, 1.54) is 5.56 Å². The summed E-state index contributed by atoms with van der Waals surface area (Å²) in [6, 6.07) is 18.7. The lowest BCUT2D eigenvalue weighted by atomic mass is 10.00. The van der Waals surface area contributed by atoms with E-state index in [0.29, 0.717) is 41.1 Å². The fraction of sp³-hybridized carbons (Fsp3) is 0.286. The summed E-state index contributed by atoms with van der Waals surface area (Å²) in [5, 5.41) is 16.0. The standard InChI is InChI=1S/C35H37ClN6O4Si/c1-21-40-41-35-29(39-34(23-6-9-25(36)10-7-23)28-18-26(46-2)11-13-30(28)42(21)35)19-32(43)38-20-33(44)37-16-15-22-5-12-27-24(17-22)8-14-31(27)47(3,4)45/h5-7,9-14,17-18,29,45H,8,15-16,19-20H2,1-4H3,(H,37,44)(H,38,43)/t29-/m0/s1. The Kier molecular flexibility index (Phi) is 9.13. The lowest BCUT2D eigenvalue weighted by Crippen LogP contribution is -2.38. The van der Waals surface area contributed by atoms with Gasteiger partial charge in [-0.05, 0) is 85.1 Å². The van der Waals surface area contributed by atoms with Gasteiger partial charge in [-0.25, -0.2) is 0 Å². The number of aryl methyl sites for hydroxylation is 1. The number of nitrogens with zero attached hydrogens (tertiary/aromatic N) is 4. The third kappa shape index (κ3) is 6.92. The Morgan fingerprint density at radius 2 is 1.81 bits per heavy atom. The maximum absolute atomic E-state index is 13.2. The van der Waals surface area contributed by atoms with Gasteiger partial charge in [0, 0.05) is 22.7 Å². The number of ether oxygens (including phenoxy) is 1. The molecule has 2 heterocycles. The van der Waals surface area contributed by atoms with Crippen LogP contribution in [-0.2, 0) is 22.4 Å². The van der Waals surface area contributed by atoms with Crippen LogP contribution in [-0.4, -0.2) is 65.6 Å². The van der Waals surface area contributed by atoms with Crippen LogP contribution in [0.5, 0.6) is 5.75 Å². The van der Waals surface area contributed by atoms with E-state index in [-0.39, 0.29) is 24.8 Å². The predicted molar refractivity (Wildman–Crippen MR) is 185 cm³/mol. The summed E-state index contributed by atoms with van der Waals surface area (Å²) >= 11 is 6.19. The van der Waals surface area contributed by atoms with Gasteiger partial charge in [-0.1, -0.05) is 48.0 Å². The van der Waals surface area contributed by atoms with Crippen LogP contribution in [0.1, 0.15) is 51.9 Å². The van der Waals surface area contributed by atoms with E-state index in [2.05, 4.69) is 39.0 Å². The molecule has 2 amide bonds. The van der Waals surface area contributed by atoms with Gasteiger partial charge in [-0.3, -0.25) is 19.1 Å². The minimum atomic E-state index is -2.38. The van der Waals surface area contributed by atoms with Crippen molar-refractivity contribution < 1.29 is 19.1 Å². The molecule has 242 valence electrons. The largest absolute Gasteiger partial charge is 0.497 e. The fourth-order valence-corrected chi connectivity index (χ4v) is 7.78. The Hall–Kier alpha value is -4.58. The predicted octanol–water partition coefficient (Wildman–Crippen LogP) is 4.67. The van der Waals surface area contributed by atoms with E-state index in [4.69, 9.17) is 21.3 Å². The van der Waals surface area contributed by atoms with E-state index in [0.717, 1.165) is 39.6 Å². The van der Waals surface area contributed by atoms with Crippen molar-refractivity contribution in [1.82, 2.24) is 25.4 Å². The number of amides is 2. The van der Waals surface area contributed by atoms with Gasteiger partial charge in [-0.15, -0.1) is 10.2 Å². The minimum absolute atomic E-state index is 0.0354. The normalized spacial score (nSPS) is 15.1. The van der Waals surface area contributed by atoms with Crippen molar-refractivity contribution in [3.05, 3.63) is 111 Å². The molecular weight excluding hydrogens is 632 g/mol. The number of hydrogen-bond donors (Lipinski definition) is 3. The first-order valence-electron chi connectivity index (χ1n) is 15.5. The van der Waals surface area contributed by atoms with Crippen molar-refractivity contribution in [2.24, 2.45) is 4.99 Å². The maximum atomic E-state index is 13.2. The molecule has 0 saturated carbocycles. The van der Waals surface area contributed by atoms with E-state index < -0.39 is 14.4 Å².